The Morgan fingerprint density at radius 2 is 2.25 bits per heavy atom. The van der Waals surface area contributed by atoms with Gasteiger partial charge in [-0.1, -0.05) is 18.2 Å². The van der Waals surface area contributed by atoms with Crippen LogP contribution in [0.25, 0.3) is 0 Å². The molecule has 1 aliphatic heterocycles. The molecular formula is C15H14BrNO2S. The second-order valence-electron chi connectivity index (χ2n) is 4.89. The fraction of sp³-hybridized carbons (Fsp3) is 0.267. The quantitative estimate of drug-likeness (QED) is 0.905. The third-order valence-electron chi connectivity index (χ3n) is 3.61. The van der Waals surface area contributed by atoms with Gasteiger partial charge in [-0.2, -0.15) is 0 Å². The second kappa shape index (κ2) is 5.58. The van der Waals surface area contributed by atoms with E-state index in [4.69, 9.17) is 0 Å². The molecule has 0 saturated carbocycles. The molecule has 1 aliphatic rings. The molecule has 1 N–H and O–H groups in total. The molecular weight excluding hydrogens is 338 g/mol. The predicted molar refractivity (Wildman–Crippen MR) is 84.5 cm³/mol. The van der Waals surface area contributed by atoms with Gasteiger partial charge in [-0.15, -0.1) is 11.3 Å². The highest BCUT2D eigenvalue weighted by Gasteiger charge is 2.29. The van der Waals surface area contributed by atoms with Gasteiger partial charge >= 0.3 is 5.97 Å². The van der Waals surface area contributed by atoms with Crippen LogP contribution >= 0.6 is 27.3 Å². The summed E-state index contributed by atoms with van der Waals surface area (Å²) in [5.74, 6) is -1.10. The van der Waals surface area contributed by atoms with Crippen LogP contribution in [0.5, 0.6) is 0 Å². The van der Waals surface area contributed by atoms with Gasteiger partial charge in [-0.3, -0.25) is 4.79 Å². The molecule has 0 spiro atoms. The Hall–Kier alpha value is -1.33. The summed E-state index contributed by atoms with van der Waals surface area (Å²) in [5.41, 5.74) is 1.98. The van der Waals surface area contributed by atoms with Crippen LogP contribution in [0.1, 0.15) is 22.8 Å². The average Bonchev–Trinajstić information content (AvgIpc) is 2.84. The third kappa shape index (κ3) is 2.60. The van der Waals surface area contributed by atoms with Crippen LogP contribution in [0.15, 0.2) is 40.2 Å². The molecule has 2 aromatic rings. The van der Waals surface area contributed by atoms with Crippen molar-refractivity contribution in [2.75, 3.05) is 11.4 Å². The van der Waals surface area contributed by atoms with Crippen molar-refractivity contribution in [3.05, 3.63) is 50.6 Å². The van der Waals surface area contributed by atoms with Crippen molar-refractivity contribution in [1.29, 1.82) is 0 Å². The molecule has 0 amide bonds. The van der Waals surface area contributed by atoms with Gasteiger partial charge in [0.05, 0.1) is 12.5 Å². The molecule has 5 heteroatoms. The largest absolute Gasteiger partial charge is 0.481 e. The zero-order chi connectivity index (χ0) is 14.1. The Morgan fingerprint density at radius 1 is 1.45 bits per heavy atom. The number of nitrogens with zero attached hydrogens (tertiary/aromatic N) is 1. The molecule has 3 rings (SSSR count). The SMILES string of the molecule is O=C(O)C1CCN(Cc2cc(Br)cs2)c2ccccc21. The zero-order valence-corrected chi connectivity index (χ0v) is 13.2. The lowest BCUT2D eigenvalue weighted by atomic mass is 9.90. The molecule has 0 bridgehead atoms. The first-order valence-corrected chi connectivity index (χ1v) is 8.12. The molecule has 0 aliphatic carbocycles. The van der Waals surface area contributed by atoms with Gasteiger partial charge in [0.15, 0.2) is 0 Å². The van der Waals surface area contributed by atoms with Gasteiger partial charge in [0.2, 0.25) is 0 Å². The molecule has 1 aromatic carbocycles. The highest BCUT2D eigenvalue weighted by Crippen LogP contribution is 2.36. The van der Waals surface area contributed by atoms with Gasteiger partial charge < -0.3 is 10.0 Å². The van der Waals surface area contributed by atoms with Crippen LogP contribution in [0, 0.1) is 0 Å². The summed E-state index contributed by atoms with van der Waals surface area (Å²) in [7, 11) is 0. The maximum Gasteiger partial charge on any atom is 0.311 e. The minimum absolute atomic E-state index is 0.377. The highest BCUT2D eigenvalue weighted by atomic mass is 79.9. The van der Waals surface area contributed by atoms with Crippen LogP contribution in [0.2, 0.25) is 0 Å². The number of aliphatic carboxylic acids is 1. The van der Waals surface area contributed by atoms with E-state index in [1.807, 2.05) is 24.3 Å². The van der Waals surface area contributed by atoms with Gasteiger partial charge in [-0.25, -0.2) is 0 Å². The summed E-state index contributed by atoms with van der Waals surface area (Å²) < 4.78 is 1.10. The topological polar surface area (TPSA) is 40.5 Å². The lowest BCUT2D eigenvalue weighted by Crippen LogP contribution is -2.32. The van der Waals surface area contributed by atoms with Crippen LogP contribution in [-0.4, -0.2) is 17.6 Å². The molecule has 1 unspecified atom stereocenters. The van der Waals surface area contributed by atoms with Crippen molar-refractivity contribution in [3.8, 4) is 0 Å². The van der Waals surface area contributed by atoms with E-state index in [1.165, 1.54) is 4.88 Å². The molecule has 20 heavy (non-hydrogen) atoms. The number of halogens is 1. The lowest BCUT2D eigenvalue weighted by molar-refractivity contribution is -0.139. The number of para-hydroxylation sites is 1. The van der Waals surface area contributed by atoms with Crippen LogP contribution in [0.3, 0.4) is 0 Å². The maximum atomic E-state index is 11.4. The standard InChI is InChI=1S/C15H14BrNO2S/c16-10-7-11(20-9-10)8-17-6-5-13(15(18)19)12-3-1-2-4-14(12)17/h1-4,7,9,13H,5-6,8H2,(H,18,19). The molecule has 2 heterocycles. The summed E-state index contributed by atoms with van der Waals surface area (Å²) in [6.45, 7) is 1.61. The molecule has 3 nitrogen and oxygen atoms in total. The fourth-order valence-electron chi connectivity index (χ4n) is 2.68. The van der Waals surface area contributed by atoms with Crippen molar-refractivity contribution in [2.24, 2.45) is 0 Å². The van der Waals surface area contributed by atoms with Crippen LogP contribution in [-0.2, 0) is 11.3 Å². The minimum atomic E-state index is -0.726. The number of carboxylic acids is 1. The van der Waals surface area contributed by atoms with Crippen molar-refractivity contribution >= 4 is 38.9 Å². The smallest absolute Gasteiger partial charge is 0.311 e. The first kappa shape index (κ1) is 13.6. The van der Waals surface area contributed by atoms with E-state index in [1.54, 1.807) is 11.3 Å². The number of carbonyl (C=O) groups is 1. The van der Waals surface area contributed by atoms with E-state index in [0.29, 0.717) is 6.42 Å². The van der Waals surface area contributed by atoms with E-state index in [2.05, 4.69) is 32.3 Å². The first-order chi connectivity index (χ1) is 9.65. The predicted octanol–water partition coefficient (Wildman–Crippen LogP) is 4.09. The number of anilines is 1. The Balaban J connectivity index is 1.90. The second-order valence-corrected chi connectivity index (χ2v) is 6.80. The van der Waals surface area contributed by atoms with Gasteiger partial charge in [0, 0.05) is 27.0 Å². The molecule has 104 valence electrons. The monoisotopic (exact) mass is 351 g/mol. The van der Waals surface area contributed by atoms with Crippen molar-refractivity contribution in [3.63, 3.8) is 0 Å². The summed E-state index contributed by atoms with van der Waals surface area (Å²) in [6, 6.07) is 9.97. The number of carboxylic acid groups (broad SMARTS) is 1. The number of rotatable bonds is 3. The van der Waals surface area contributed by atoms with Gasteiger partial charge in [0.1, 0.15) is 0 Å². The van der Waals surface area contributed by atoms with Crippen molar-refractivity contribution < 1.29 is 9.90 Å². The lowest BCUT2D eigenvalue weighted by Gasteiger charge is -2.34. The van der Waals surface area contributed by atoms with E-state index >= 15 is 0 Å². The van der Waals surface area contributed by atoms with E-state index in [9.17, 15) is 9.90 Å². The van der Waals surface area contributed by atoms with Gasteiger partial charge in [0.25, 0.3) is 0 Å². The number of thiophene rings is 1. The molecule has 0 saturated heterocycles. The van der Waals surface area contributed by atoms with E-state index in [0.717, 1.165) is 28.8 Å². The first-order valence-electron chi connectivity index (χ1n) is 6.45. The third-order valence-corrected chi connectivity index (χ3v) is 5.29. The number of fused-ring (bicyclic) bond motifs is 1. The Morgan fingerprint density at radius 3 is 2.95 bits per heavy atom. The number of hydrogen-bond acceptors (Lipinski definition) is 3. The zero-order valence-electron chi connectivity index (χ0n) is 10.8. The molecule has 1 aromatic heterocycles. The minimum Gasteiger partial charge on any atom is -0.481 e. The summed E-state index contributed by atoms with van der Waals surface area (Å²) >= 11 is 5.19. The summed E-state index contributed by atoms with van der Waals surface area (Å²) in [4.78, 5) is 14.9. The normalized spacial score (nSPS) is 17.9. The molecule has 1 atom stereocenters. The van der Waals surface area contributed by atoms with E-state index in [-0.39, 0.29) is 5.92 Å². The van der Waals surface area contributed by atoms with Crippen LogP contribution < -0.4 is 4.90 Å². The Kier molecular flexibility index (Phi) is 3.81. The average molecular weight is 352 g/mol. The maximum absolute atomic E-state index is 11.4. The fourth-order valence-corrected chi connectivity index (χ4v) is 4.14. The molecule has 0 radical (unpaired) electrons. The molecule has 0 fully saturated rings. The van der Waals surface area contributed by atoms with Crippen LogP contribution in [0.4, 0.5) is 5.69 Å². The number of benzene rings is 1. The van der Waals surface area contributed by atoms with E-state index < -0.39 is 5.97 Å². The Labute approximate surface area is 130 Å². The Bertz CT molecular complexity index is 640. The van der Waals surface area contributed by atoms with Crippen molar-refractivity contribution in [1.82, 2.24) is 0 Å². The van der Waals surface area contributed by atoms with Crippen molar-refractivity contribution in [2.45, 2.75) is 18.9 Å². The number of hydrogen-bond donors (Lipinski definition) is 1. The summed E-state index contributed by atoms with van der Waals surface area (Å²) in [6.07, 6.45) is 0.666. The van der Waals surface area contributed by atoms with Gasteiger partial charge in [-0.05, 0) is 40.0 Å². The highest BCUT2D eigenvalue weighted by molar-refractivity contribution is 9.10. The summed E-state index contributed by atoms with van der Waals surface area (Å²) in [5, 5.41) is 11.4.